The van der Waals surface area contributed by atoms with Gasteiger partial charge in [0.25, 0.3) is 0 Å². The van der Waals surface area contributed by atoms with Crippen LogP contribution in [0.3, 0.4) is 0 Å². The fourth-order valence-electron chi connectivity index (χ4n) is 3.21. The van der Waals surface area contributed by atoms with E-state index in [4.69, 9.17) is 4.43 Å². The van der Waals surface area contributed by atoms with Crippen LogP contribution in [0.25, 0.3) is 0 Å². The molecule has 1 aromatic carbocycles. The lowest BCUT2D eigenvalue weighted by Gasteiger charge is -2.44. The van der Waals surface area contributed by atoms with E-state index in [0.717, 1.165) is 12.8 Å². The van der Waals surface area contributed by atoms with Crippen molar-refractivity contribution in [3.8, 4) is 11.5 Å². The topological polar surface area (TPSA) is 66.8 Å². The molecule has 0 saturated carbocycles. The van der Waals surface area contributed by atoms with Gasteiger partial charge in [-0.1, -0.05) is 32.4 Å². The monoisotopic (exact) mass is 420 g/mol. The van der Waals surface area contributed by atoms with Crippen LogP contribution in [0.15, 0.2) is 23.8 Å². The number of Topliss-reactive ketones (excluding diaryl/α,β-unsaturated/α-hetero) is 1. The van der Waals surface area contributed by atoms with Crippen LogP contribution in [0, 0.1) is 0 Å². The van der Waals surface area contributed by atoms with Gasteiger partial charge in [0.15, 0.2) is 14.1 Å². The largest absolute Gasteiger partial charge is 0.508 e. The van der Waals surface area contributed by atoms with Crippen molar-refractivity contribution in [1.29, 1.82) is 0 Å². The van der Waals surface area contributed by atoms with E-state index >= 15 is 0 Å². The highest BCUT2D eigenvalue weighted by molar-refractivity contribution is 6.74. The molecule has 0 aliphatic rings. The van der Waals surface area contributed by atoms with Gasteiger partial charge >= 0.3 is 0 Å². The van der Waals surface area contributed by atoms with Gasteiger partial charge in [-0.2, -0.15) is 0 Å². The normalized spacial score (nSPS) is 14.4. The lowest BCUT2D eigenvalue weighted by Crippen LogP contribution is -2.48. The molecule has 4 nitrogen and oxygen atoms in total. The molecule has 2 N–H and O–H groups in total. The first kappa shape index (κ1) is 25.4. The summed E-state index contributed by atoms with van der Waals surface area (Å²) in [7, 11) is -2.01. The Bertz CT molecular complexity index is 755. The molecule has 1 aromatic rings. The molecule has 0 heterocycles. The second kappa shape index (κ2) is 9.48. The Balaban J connectivity index is 3.17. The van der Waals surface area contributed by atoms with Crippen LogP contribution in [0.5, 0.6) is 11.5 Å². The summed E-state index contributed by atoms with van der Waals surface area (Å²) in [5, 5.41) is 20.9. The van der Waals surface area contributed by atoms with Crippen molar-refractivity contribution in [1.82, 2.24) is 0 Å². The smallest absolute Gasteiger partial charge is 0.192 e. The molecule has 0 aliphatic heterocycles. The maximum Gasteiger partial charge on any atom is 0.192 e. The van der Waals surface area contributed by atoms with Crippen LogP contribution in [0.1, 0.15) is 83.7 Å². The number of phenolic OH excluding ortho intramolecular Hbond substituents is 2. The highest BCUT2D eigenvalue weighted by Crippen LogP contribution is 2.42. The molecule has 0 aromatic heterocycles. The Morgan fingerprint density at radius 2 is 1.66 bits per heavy atom. The molecule has 29 heavy (non-hydrogen) atoms. The Labute approximate surface area is 178 Å². The van der Waals surface area contributed by atoms with Gasteiger partial charge in [-0.25, -0.2) is 0 Å². The summed E-state index contributed by atoms with van der Waals surface area (Å²) in [5.41, 5.74) is 1.56. The third-order valence-corrected chi connectivity index (χ3v) is 10.7. The quantitative estimate of drug-likeness (QED) is 0.263. The zero-order valence-corrected chi connectivity index (χ0v) is 20.8. The van der Waals surface area contributed by atoms with Gasteiger partial charge in [0.05, 0.1) is 11.2 Å². The molecule has 0 bridgehead atoms. The number of hydrogen-bond donors (Lipinski definition) is 2. The Morgan fingerprint density at radius 1 is 1.07 bits per heavy atom. The molecule has 0 amide bonds. The van der Waals surface area contributed by atoms with Gasteiger partial charge < -0.3 is 14.6 Å². The first-order chi connectivity index (χ1) is 13.1. The molecule has 0 fully saturated rings. The standard InChI is InChI=1S/C24H40O4Si/c1-17(2)11-10-15-24(7,28-29(8,9)23(4,5)6)16-14-20-21(26)13-12-19(18(3)25)22(20)27/h11-13,26-27H,10,14-16H2,1-9H3/t24-/m1/s1. The minimum absolute atomic E-state index is 0.0199. The van der Waals surface area contributed by atoms with Gasteiger partial charge in [0.1, 0.15) is 11.5 Å². The fourth-order valence-corrected chi connectivity index (χ4v) is 4.95. The minimum atomic E-state index is -2.01. The molecule has 0 spiro atoms. The van der Waals surface area contributed by atoms with Crippen molar-refractivity contribution in [2.75, 3.05) is 0 Å². The van der Waals surface area contributed by atoms with Crippen LogP contribution in [-0.4, -0.2) is 29.9 Å². The number of hydrogen-bond acceptors (Lipinski definition) is 4. The summed E-state index contributed by atoms with van der Waals surface area (Å²) in [6.07, 6.45) is 5.09. The predicted molar refractivity (Wildman–Crippen MR) is 123 cm³/mol. The maximum absolute atomic E-state index is 11.8. The van der Waals surface area contributed by atoms with Crippen molar-refractivity contribution < 1.29 is 19.4 Å². The van der Waals surface area contributed by atoms with Gasteiger partial charge in [0.2, 0.25) is 0 Å². The average Bonchev–Trinajstić information content (AvgIpc) is 2.52. The third kappa shape index (κ3) is 7.00. The number of aromatic hydroxyl groups is 2. The van der Waals surface area contributed by atoms with E-state index in [0.29, 0.717) is 18.4 Å². The lowest BCUT2D eigenvalue weighted by atomic mass is 9.90. The van der Waals surface area contributed by atoms with Crippen molar-refractivity contribution in [2.24, 2.45) is 0 Å². The SMILES string of the molecule is CC(=O)c1ccc(O)c(CC[C@@](C)(CCC=C(C)C)O[Si](C)(C)C(C)(C)C)c1O. The summed E-state index contributed by atoms with van der Waals surface area (Å²) in [6, 6.07) is 2.96. The molecule has 0 radical (unpaired) electrons. The molecule has 1 atom stereocenters. The number of allylic oxidation sites excluding steroid dienone is 2. The summed E-state index contributed by atoms with van der Waals surface area (Å²) >= 11 is 0. The van der Waals surface area contributed by atoms with E-state index in [9.17, 15) is 15.0 Å². The predicted octanol–water partition coefficient (Wildman–Crippen LogP) is 6.76. The first-order valence-electron chi connectivity index (χ1n) is 10.5. The van der Waals surface area contributed by atoms with Gasteiger partial charge in [-0.05, 0) is 83.6 Å². The van der Waals surface area contributed by atoms with Crippen LogP contribution in [0.2, 0.25) is 18.1 Å². The molecule has 5 heteroatoms. The van der Waals surface area contributed by atoms with Crippen LogP contribution < -0.4 is 0 Å². The van der Waals surface area contributed by atoms with E-state index < -0.39 is 8.32 Å². The second-order valence-electron chi connectivity index (χ2n) is 10.1. The van der Waals surface area contributed by atoms with E-state index in [1.165, 1.54) is 24.6 Å². The van der Waals surface area contributed by atoms with Crippen molar-refractivity contribution in [2.45, 2.75) is 97.9 Å². The number of carbonyl (C=O) groups is 1. The summed E-state index contributed by atoms with van der Waals surface area (Å²) in [6.45, 7) is 18.9. The Hall–Kier alpha value is -1.59. The number of benzene rings is 1. The van der Waals surface area contributed by atoms with Crippen LogP contribution in [-0.2, 0) is 10.8 Å². The van der Waals surface area contributed by atoms with Crippen molar-refractivity contribution >= 4 is 14.1 Å². The molecular weight excluding hydrogens is 380 g/mol. The Kier molecular flexibility index (Phi) is 8.32. The van der Waals surface area contributed by atoms with Gasteiger partial charge in [0, 0.05) is 5.56 Å². The molecule has 1 rings (SSSR count). The molecule has 164 valence electrons. The maximum atomic E-state index is 11.8. The minimum Gasteiger partial charge on any atom is -0.508 e. The molecule has 0 unspecified atom stereocenters. The number of carbonyl (C=O) groups excluding carboxylic acids is 1. The highest BCUT2D eigenvalue weighted by atomic mass is 28.4. The number of phenols is 2. The molecule has 0 aliphatic carbocycles. The van der Waals surface area contributed by atoms with E-state index in [1.807, 2.05) is 0 Å². The number of ketones is 1. The second-order valence-corrected chi connectivity index (χ2v) is 14.9. The summed E-state index contributed by atoms with van der Waals surface area (Å²) < 4.78 is 6.83. The third-order valence-electron chi connectivity index (χ3n) is 6.07. The first-order valence-corrected chi connectivity index (χ1v) is 13.4. The molecule has 0 saturated heterocycles. The number of rotatable bonds is 9. The van der Waals surface area contributed by atoms with E-state index in [1.54, 1.807) is 0 Å². The lowest BCUT2D eigenvalue weighted by molar-refractivity contribution is 0.0550. The van der Waals surface area contributed by atoms with Crippen LogP contribution in [0.4, 0.5) is 0 Å². The Morgan fingerprint density at radius 3 is 2.14 bits per heavy atom. The average molecular weight is 421 g/mol. The summed E-state index contributed by atoms with van der Waals surface area (Å²) in [4.78, 5) is 11.8. The van der Waals surface area contributed by atoms with Crippen molar-refractivity contribution in [3.63, 3.8) is 0 Å². The van der Waals surface area contributed by atoms with Gasteiger partial charge in [-0.3, -0.25) is 4.79 Å². The fraction of sp³-hybridized carbons (Fsp3) is 0.625. The zero-order chi connectivity index (χ0) is 22.6. The van der Waals surface area contributed by atoms with Crippen molar-refractivity contribution in [3.05, 3.63) is 34.9 Å². The van der Waals surface area contributed by atoms with E-state index in [-0.39, 0.29) is 33.5 Å². The van der Waals surface area contributed by atoms with Crippen LogP contribution >= 0.6 is 0 Å². The molecular formula is C24H40O4Si. The van der Waals surface area contributed by atoms with E-state index in [2.05, 4.69) is 60.7 Å². The highest BCUT2D eigenvalue weighted by Gasteiger charge is 2.42. The van der Waals surface area contributed by atoms with Gasteiger partial charge in [-0.15, -0.1) is 0 Å². The summed E-state index contributed by atoms with van der Waals surface area (Å²) in [5.74, 6) is -0.310. The zero-order valence-electron chi connectivity index (χ0n) is 19.8.